The van der Waals surface area contributed by atoms with Crippen LogP contribution in [0.1, 0.15) is 19.4 Å². The second-order valence-electron chi connectivity index (χ2n) is 5.71. The largest absolute Gasteiger partial charge is 0.369 e. The fourth-order valence-corrected chi connectivity index (χ4v) is 2.93. The summed E-state index contributed by atoms with van der Waals surface area (Å²) in [6, 6.07) is 2.96. The molecular formula is C15H21N7O2. The molecule has 3 N–H and O–H groups in total. The lowest BCUT2D eigenvalue weighted by atomic mass is 10.2. The molecule has 128 valence electrons. The van der Waals surface area contributed by atoms with E-state index < -0.39 is 0 Å². The average molecular weight is 331 g/mol. The molecule has 0 saturated carbocycles. The first-order chi connectivity index (χ1) is 11.6. The third kappa shape index (κ3) is 3.24. The van der Waals surface area contributed by atoms with Gasteiger partial charge in [0, 0.05) is 44.6 Å². The van der Waals surface area contributed by atoms with Crippen LogP contribution in [0.5, 0.6) is 0 Å². The van der Waals surface area contributed by atoms with Gasteiger partial charge in [-0.2, -0.15) is 10.1 Å². The molecule has 1 amide bonds. The monoisotopic (exact) mass is 331 g/mol. The van der Waals surface area contributed by atoms with Crippen LogP contribution < -0.4 is 16.2 Å². The Hall–Kier alpha value is -2.84. The summed E-state index contributed by atoms with van der Waals surface area (Å²) >= 11 is 0. The SMILES string of the molecule is CC[C@@H](C(=O)N1CCN(c2cc(=O)[nH]c(N)n2)CC1)n1cccn1. The Morgan fingerprint density at radius 1 is 1.38 bits per heavy atom. The summed E-state index contributed by atoms with van der Waals surface area (Å²) in [5.41, 5.74) is 5.31. The topological polar surface area (TPSA) is 113 Å². The number of piperazine rings is 1. The number of anilines is 2. The fraction of sp³-hybridized carbons (Fsp3) is 0.467. The molecule has 3 heterocycles. The molecule has 1 aliphatic rings. The van der Waals surface area contributed by atoms with Crippen molar-refractivity contribution >= 4 is 17.7 Å². The molecule has 0 aliphatic carbocycles. The van der Waals surface area contributed by atoms with E-state index in [4.69, 9.17) is 5.73 Å². The summed E-state index contributed by atoms with van der Waals surface area (Å²) < 4.78 is 1.70. The van der Waals surface area contributed by atoms with Gasteiger partial charge in [0.25, 0.3) is 5.56 Å². The van der Waals surface area contributed by atoms with E-state index in [-0.39, 0.29) is 23.5 Å². The number of aromatic nitrogens is 4. The van der Waals surface area contributed by atoms with Gasteiger partial charge >= 0.3 is 0 Å². The zero-order valence-corrected chi connectivity index (χ0v) is 13.6. The molecule has 0 bridgehead atoms. The quantitative estimate of drug-likeness (QED) is 0.805. The van der Waals surface area contributed by atoms with Crippen LogP contribution in [0.15, 0.2) is 29.3 Å². The molecule has 9 heteroatoms. The molecule has 1 fully saturated rings. The number of H-pyrrole nitrogens is 1. The van der Waals surface area contributed by atoms with Gasteiger partial charge in [0.1, 0.15) is 11.9 Å². The summed E-state index contributed by atoms with van der Waals surface area (Å²) in [6.45, 7) is 4.34. The highest BCUT2D eigenvalue weighted by atomic mass is 16.2. The number of nitrogens with one attached hydrogen (secondary N) is 1. The molecule has 1 aliphatic heterocycles. The Kier molecular flexibility index (Phi) is 4.50. The van der Waals surface area contributed by atoms with Crippen LogP contribution in [-0.4, -0.2) is 56.7 Å². The third-order valence-corrected chi connectivity index (χ3v) is 4.18. The van der Waals surface area contributed by atoms with E-state index in [9.17, 15) is 9.59 Å². The normalized spacial score (nSPS) is 16.2. The van der Waals surface area contributed by atoms with Crippen LogP contribution in [-0.2, 0) is 4.79 Å². The summed E-state index contributed by atoms with van der Waals surface area (Å²) in [5, 5.41) is 4.18. The number of carbonyl (C=O) groups is 1. The van der Waals surface area contributed by atoms with Crippen molar-refractivity contribution in [3.63, 3.8) is 0 Å². The van der Waals surface area contributed by atoms with Crippen molar-refractivity contribution in [3.05, 3.63) is 34.9 Å². The number of nitrogen functional groups attached to an aromatic ring is 1. The molecule has 0 radical (unpaired) electrons. The minimum absolute atomic E-state index is 0.0687. The molecular weight excluding hydrogens is 310 g/mol. The molecule has 24 heavy (non-hydrogen) atoms. The zero-order valence-electron chi connectivity index (χ0n) is 13.6. The zero-order chi connectivity index (χ0) is 17.1. The first kappa shape index (κ1) is 16.0. The van der Waals surface area contributed by atoms with Gasteiger partial charge in [0.05, 0.1) is 0 Å². The second-order valence-corrected chi connectivity index (χ2v) is 5.71. The van der Waals surface area contributed by atoms with Gasteiger partial charge in [0.2, 0.25) is 11.9 Å². The molecule has 1 saturated heterocycles. The number of amides is 1. The number of nitrogens with zero attached hydrogens (tertiary/aromatic N) is 5. The number of aromatic amines is 1. The van der Waals surface area contributed by atoms with E-state index in [0.717, 1.165) is 0 Å². The number of carbonyl (C=O) groups excluding carboxylic acids is 1. The highest BCUT2D eigenvalue weighted by Gasteiger charge is 2.28. The standard InChI is InChI=1S/C15H21N7O2/c1-2-11(22-5-3-4-17-22)14(24)21-8-6-20(7-9-21)12-10-13(23)19-15(16)18-12/h3-5,10-11H,2,6-9H2,1H3,(H3,16,18,19,23)/t11-/m0/s1. The lowest BCUT2D eigenvalue weighted by Gasteiger charge is -2.36. The van der Waals surface area contributed by atoms with Gasteiger partial charge in [-0.25, -0.2) is 0 Å². The van der Waals surface area contributed by atoms with Gasteiger partial charge in [-0.15, -0.1) is 0 Å². The Labute approximate surface area is 139 Å². The molecule has 2 aromatic rings. The Morgan fingerprint density at radius 2 is 2.12 bits per heavy atom. The third-order valence-electron chi connectivity index (χ3n) is 4.18. The number of rotatable bonds is 4. The minimum atomic E-state index is -0.278. The van der Waals surface area contributed by atoms with Crippen molar-refractivity contribution in [1.29, 1.82) is 0 Å². The Morgan fingerprint density at radius 3 is 2.71 bits per heavy atom. The predicted octanol–water partition coefficient (Wildman–Crippen LogP) is -0.151. The van der Waals surface area contributed by atoms with Crippen LogP contribution in [0, 0.1) is 0 Å². The second kappa shape index (κ2) is 6.73. The maximum Gasteiger partial charge on any atom is 0.254 e. The van der Waals surface area contributed by atoms with Gasteiger partial charge in [-0.1, -0.05) is 6.92 Å². The highest BCUT2D eigenvalue weighted by Crippen LogP contribution is 2.17. The van der Waals surface area contributed by atoms with E-state index in [1.807, 2.05) is 29.0 Å². The van der Waals surface area contributed by atoms with Crippen molar-refractivity contribution in [1.82, 2.24) is 24.6 Å². The molecule has 2 aromatic heterocycles. The lowest BCUT2D eigenvalue weighted by Crippen LogP contribution is -2.51. The van der Waals surface area contributed by atoms with E-state index in [1.165, 1.54) is 6.07 Å². The van der Waals surface area contributed by atoms with Crippen LogP contribution in [0.4, 0.5) is 11.8 Å². The van der Waals surface area contributed by atoms with Gasteiger partial charge in [-0.3, -0.25) is 19.3 Å². The summed E-state index contributed by atoms with van der Waals surface area (Å²) in [7, 11) is 0. The van der Waals surface area contributed by atoms with Crippen LogP contribution in [0.3, 0.4) is 0 Å². The van der Waals surface area contributed by atoms with E-state index in [0.29, 0.717) is 38.4 Å². The van der Waals surface area contributed by atoms with Crippen molar-refractivity contribution in [2.75, 3.05) is 36.8 Å². The number of hydrogen-bond donors (Lipinski definition) is 2. The average Bonchev–Trinajstić information content (AvgIpc) is 3.09. The van der Waals surface area contributed by atoms with Crippen molar-refractivity contribution in [3.8, 4) is 0 Å². The van der Waals surface area contributed by atoms with Gasteiger partial charge in [0.15, 0.2) is 0 Å². The highest BCUT2D eigenvalue weighted by molar-refractivity contribution is 5.80. The molecule has 0 spiro atoms. The van der Waals surface area contributed by atoms with Crippen LogP contribution in [0.25, 0.3) is 0 Å². The van der Waals surface area contributed by atoms with Crippen LogP contribution in [0.2, 0.25) is 0 Å². The van der Waals surface area contributed by atoms with E-state index in [2.05, 4.69) is 15.1 Å². The van der Waals surface area contributed by atoms with E-state index >= 15 is 0 Å². The van der Waals surface area contributed by atoms with Crippen molar-refractivity contribution in [2.45, 2.75) is 19.4 Å². The van der Waals surface area contributed by atoms with E-state index in [1.54, 1.807) is 10.9 Å². The maximum absolute atomic E-state index is 12.7. The predicted molar refractivity (Wildman–Crippen MR) is 89.6 cm³/mol. The summed E-state index contributed by atoms with van der Waals surface area (Å²) in [4.78, 5) is 34.6. The molecule has 0 aromatic carbocycles. The van der Waals surface area contributed by atoms with Crippen LogP contribution >= 0.6 is 0 Å². The minimum Gasteiger partial charge on any atom is -0.369 e. The van der Waals surface area contributed by atoms with Gasteiger partial charge in [-0.05, 0) is 12.5 Å². The number of hydrogen-bond acceptors (Lipinski definition) is 6. The molecule has 3 rings (SSSR count). The maximum atomic E-state index is 12.7. The summed E-state index contributed by atoms with van der Waals surface area (Å²) in [6.07, 6.45) is 4.18. The molecule has 9 nitrogen and oxygen atoms in total. The summed E-state index contributed by atoms with van der Waals surface area (Å²) in [5.74, 6) is 0.711. The molecule has 0 unspecified atom stereocenters. The van der Waals surface area contributed by atoms with Gasteiger partial charge < -0.3 is 15.5 Å². The first-order valence-corrected chi connectivity index (χ1v) is 7.98. The fourth-order valence-electron chi connectivity index (χ4n) is 2.93. The first-order valence-electron chi connectivity index (χ1n) is 7.98. The van der Waals surface area contributed by atoms with Crippen molar-refractivity contribution in [2.24, 2.45) is 0 Å². The number of nitrogens with two attached hydrogens (primary N) is 1. The van der Waals surface area contributed by atoms with Crippen molar-refractivity contribution < 1.29 is 4.79 Å². The Bertz CT molecular complexity index is 747. The lowest BCUT2D eigenvalue weighted by molar-refractivity contribution is -0.135. The smallest absolute Gasteiger partial charge is 0.254 e. The Balaban J connectivity index is 1.66. The molecule has 1 atom stereocenters.